The first-order chi connectivity index (χ1) is 9.06. The topological polar surface area (TPSA) is 41.9 Å². The summed E-state index contributed by atoms with van der Waals surface area (Å²) in [6.45, 7) is 8.34. The second-order valence-corrected chi connectivity index (χ2v) is 5.59. The van der Waals surface area contributed by atoms with Crippen molar-refractivity contribution in [2.75, 3.05) is 18.4 Å². The summed E-state index contributed by atoms with van der Waals surface area (Å²) in [6, 6.07) is 8.25. The molecule has 0 spiro atoms. The predicted molar refractivity (Wildman–Crippen MR) is 79.8 cm³/mol. The lowest BCUT2D eigenvalue weighted by molar-refractivity contribution is 0.435. The van der Waals surface area contributed by atoms with Gasteiger partial charge in [0.2, 0.25) is 0 Å². The summed E-state index contributed by atoms with van der Waals surface area (Å²) in [6.07, 6.45) is 5.56. The van der Waals surface area contributed by atoms with E-state index in [4.69, 9.17) is 0 Å². The van der Waals surface area contributed by atoms with Gasteiger partial charge in [0.1, 0.15) is 0 Å². The summed E-state index contributed by atoms with van der Waals surface area (Å²) in [5.74, 6) is 0. The van der Waals surface area contributed by atoms with Crippen molar-refractivity contribution in [3.63, 3.8) is 0 Å². The fourth-order valence-electron chi connectivity index (χ4n) is 1.88. The lowest BCUT2D eigenvalue weighted by Crippen LogP contribution is -2.38. The van der Waals surface area contributed by atoms with E-state index in [9.17, 15) is 0 Å². The van der Waals surface area contributed by atoms with E-state index in [-0.39, 0.29) is 5.54 Å². The lowest BCUT2D eigenvalue weighted by Gasteiger charge is -2.21. The van der Waals surface area contributed by atoms with Gasteiger partial charge in [-0.25, -0.2) is 4.98 Å². The fourth-order valence-corrected chi connectivity index (χ4v) is 1.88. The Labute approximate surface area is 114 Å². The molecule has 4 nitrogen and oxygen atoms in total. The summed E-state index contributed by atoms with van der Waals surface area (Å²) >= 11 is 0. The van der Waals surface area contributed by atoms with Crippen LogP contribution in [0.2, 0.25) is 0 Å². The summed E-state index contributed by atoms with van der Waals surface area (Å²) in [7, 11) is 0. The Morgan fingerprint density at radius 2 is 1.95 bits per heavy atom. The molecule has 0 aliphatic rings. The Hall–Kier alpha value is -1.81. The van der Waals surface area contributed by atoms with Gasteiger partial charge in [-0.05, 0) is 32.9 Å². The van der Waals surface area contributed by atoms with Gasteiger partial charge in [0.25, 0.3) is 0 Å². The van der Waals surface area contributed by atoms with Gasteiger partial charge in [0.15, 0.2) is 0 Å². The minimum Gasteiger partial charge on any atom is -0.382 e. The van der Waals surface area contributed by atoms with E-state index in [1.807, 2.05) is 29.2 Å². The van der Waals surface area contributed by atoms with Gasteiger partial charge >= 0.3 is 0 Å². The van der Waals surface area contributed by atoms with Crippen LogP contribution in [0.15, 0.2) is 43.0 Å². The van der Waals surface area contributed by atoms with Crippen molar-refractivity contribution >= 4 is 5.69 Å². The molecule has 0 radical (unpaired) electrons. The van der Waals surface area contributed by atoms with Crippen LogP contribution in [-0.2, 0) is 0 Å². The molecule has 0 saturated carbocycles. The van der Waals surface area contributed by atoms with E-state index in [1.54, 1.807) is 6.20 Å². The first-order valence-corrected chi connectivity index (χ1v) is 6.62. The quantitative estimate of drug-likeness (QED) is 0.810. The number of para-hydroxylation sites is 2. The Balaban J connectivity index is 1.97. The Bertz CT molecular complexity index is 497. The molecule has 4 heteroatoms. The zero-order valence-electron chi connectivity index (χ0n) is 11.9. The number of rotatable bonds is 5. The van der Waals surface area contributed by atoms with E-state index in [0.717, 1.165) is 24.5 Å². The van der Waals surface area contributed by atoms with Crippen molar-refractivity contribution in [3.05, 3.63) is 43.0 Å². The van der Waals surface area contributed by atoms with Gasteiger partial charge in [0.05, 0.1) is 17.7 Å². The predicted octanol–water partition coefficient (Wildman–Crippen LogP) is 2.67. The lowest BCUT2D eigenvalue weighted by atomic mass is 10.1. The van der Waals surface area contributed by atoms with Crippen molar-refractivity contribution < 1.29 is 0 Å². The van der Waals surface area contributed by atoms with Crippen molar-refractivity contribution in [1.29, 1.82) is 0 Å². The molecule has 1 aromatic heterocycles. The molecule has 0 amide bonds. The molecule has 0 unspecified atom stereocenters. The monoisotopic (exact) mass is 258 g/mol. The molecule has 0 aliphatic carbocycles. The average molecular weight is 258 g/mol. The molecular weight excluding hydrogens is 236 g/mol. The largest absolute Gasteiger partial charge is 0.382 e. The minimum atomic E-state index is 0.158. The number of nitrogens with zero attached hydrogens (tertiary/aromatic N) is 2. The van der Waals surface area contributed by atoms with Crippen LogP contribution in [0.1, 0.15) is 20.8 Å². The third-order valence-corrected chi connectivity index (χ3v) is 2.78. The zero-order valence-corrected chi connectivity index (χ0v) is 11.9. The van der Waals surface area contributed by atoms with E-state index in [2.05, 4.69) is 48.5 Å². The number of hydrogen-bond acceptors (Lipinski definition) is 3. The number of imidazole rings is 1. The molecule has 2 N–H and O–H groups in total. The average Bonchev–Trinajstić information content (AvgIpc) is 2.88. The first-order valence-electron chi connectivity index (χ1n) is 6.62. The van der Waals surface area contributed by atoms with Gasteiger partial charge < -0.3 is 15.2 Å². The Morgan fingerprint density at radius 3 is 2.63 bits per heavy atom. The molecule has 0 bridgehead atoms. The molecular formula is C15H22N4. The maximum Gasteiger partial charge on any atom is 0.0992 e. The van der Waals surface area contributed by atoms with E-state index < -0.39 is 0 Å². The van der Waals surface area contributed by atoms with Crippen LogP contribution in [0, 0.1) is 0 Å². The minimum absolute atomic E-state index is 0.158. The van der Waals surface area contributed by atoms with Crippen LogP contribution in [-0.4, -0.2) is 28.2 Å². The van der Waals surface area contributed by atoms with Gasteiger partial charge in [-0.15, -0.1) is 0 Å². The van der Waals surface area contributed by atoms with Gasteiger partial charge in [0, 0.05) is 31.0 Å². The maximum absolute atomic E-state index is 4.09. The molecule has 102 valence electrons. The number of nitrogens with one attached hydrogen (secondary N) is 2. The molecule has 1 aromatic carbocycles. The first kappa shape index (κ1) is 13.6. The van der Waals surface area contributed by atoms with Crippen LogP contribution < -0.4 is 10.6 Å². The van der Waals surface area contributed by atoms with E-state index >= 15 is 0 Å². The van der Waals surface area contributed by atoms with Crippen molar-refractivity contribution in [2.45, 2.75) is 26.3 Å². The van der Waals surface area contributed by atoms with E-state index in [0.29, 0.717) is 0 Å². The molecule has 1 heterocycles. The van der Waals surface area contributed by atoms with Crippen LogP contribution in [0.3, 0.4) is 0 Å². The summed E-state index contributed by atoms with van der Waals surface area (Å²) < 4.78 is 2.01. The number of benzene rings is 1. The summed E-state index contributed by atoms with van der Waals surface area (Å²) in [5, 5.41) is 6.93. The van der Waals surface area contributed by atoms with Crippen LogP contribution >= 0.6 is 0 Å². The second-order valence-electron chi connectivity index (χ2n) is 5.59. The standard InChI is InChI=1S/C15H22N4/c1-15(2,3)18-9-8-17-13-6-4-5-7-14(13)19-11-10-16-12-19/h4-7,10-12,17-18H,8-9H2,1-3H3. The Kier molecular flexibility index (Phi) is 4.22. The third-order valence-electron chi connectivity index (χ3n) is 2.78. The molecule has 2 aromatic rings. The van der Waals surface area contributed by atoms with Crippen molar-refractivity contribution in [1.82, 2.24) is 14.9 Å². The normalized spacial score (nSPS) is 11.5. The van der Waals surface area contributed by atoms with Gasteiger partial charge in [-0.2, -0.15) is 0 Å². The van der Waals surface area contributed by atoms with Crippen molar-refractivity contribution in [3.8, 4) is 5.69 Å². The number of hydrogen-bond donors (Lipinski definition) is 2. The van der Waals surface area contributed by atoms with Gasteiger partial charge in [-0.3, -0.25) is 0 Å². The highest BCUT2D eigenvalue weighted by atomic mass is 15.1. The summed E-state index contributed by atoms with van der Waals surface area (Å²) in [5.41, 5.74) is 2.40. The SMILES string of the molecule is CC(C)(C)NCCNc1ccccc1-n1ccnc1. The highest BCUT2D eigenvalue weighted by Gasteiger charge is 2.07. The molecule has 0 aliphatic heterocycles. The number of anilines is 1. The van der Waals surface area contributed by atoms with E-state index in [1.165, 1.54) is 0 Å². The van der Waals surface area contributed by atoms with Crippen LogP contribution in [0.25, 0.3) is 5.69 Å². The fraction of sp³-hybridized carbons (Fsp3) is 0.400. The zero-order chi connectivity index (χ0) is 13.7. The summed E-state index contributed by atoms with van der Waals surface area (Å²) in [4.78, 5) is 4.09. The Morgan fingerprint density at radius 1 is 1.16 bits per heavy atom. The highest BCUT2D eigenvalue weighted by Crippen LogP contribution is 2.18. The molecule has 0 atom stereocenters. The van der Waals surface area contributed by atoms with Crippen LogP contribution in [0.5, 0.6) is 0 Å². The third kappa shape index (κ3) is 4.10. The molecule has 0 saturated heterocycles. The van der Waals surface area contributed by atoms with Crippen LogP contribution in [0.4, 0.5) is 5.69 Å². The maximum atomic E-state index is 4.09. The highest BCUT2D eigenvalue weighted by molar-refractivity contribution is 5.60. The molecule has 19 heavy (non-hydrogen) atoms. The second kappa shape index (κ2) is 5.89. The molecule has 0 fully saturated rings. The smallest absolute Gasteiger partial charge is 0.0992 e. The number of aromatic nitrogens is 2. The van der Waals surface area contributed by atoms with Gasteiger partial charge in [-0.1, -0.05) is 12.1 Å². The van der Waals surface area contributed by atoms with Crippen molar-refractivity contribution in [2.24, 2.45) is 0 Å². The molecule has 2 rings (SSSR count).